The molecular formula is C18H29BrN2. The van der Waals surface area contributed by atoms with Gasteiger partial charge in [0.2, 0.25) is 0 Å². The molecule has 0 aliphatic heterocycles. The van der Waals surface area contributed by atoms with Crippen molar-refractivity contribution in [1.29, 1.82) is 0 Å². The lowest BCUT2D eigenvalue weighted by molar-refractivity contribution is 0.157. The summed E-state index contributed by atoms with van der Waals surface area (Å²) in [5, 5.41) is 3.48. The maximum Gasteiger partial charge on any atom is 0.0329 e. The minimum Gasteiger partial charge on any atom is -0.313 e. The van der Waals surface area contributed by atoms with Crippen LogP contribution in [0.3, 0.4) is 0 Å². The first-order valence-corrected chi connectivity index (χ1v) is 9.20. The summed E-state index contributed by atoms with van der Waals surface area (Å²) in [5.41, 5.74) is 1.39. The molecule has 0 saturated heterocycles. The molecule has 0 aromatic heterocycles. The molecular weight excluding hydrogens is 324 g/mol. The number of benzene rings is 1. The van der Waals surface area contributed by atoms with Gasteiger partial charge in [-0.2, -0.15) is 0 Å². The molecule has 1 fully saturated rings. The predicted molar refractivity (Wildman–Crippen MR) is 94.7 cm³/mol. The molecule has 1 aromatic carbocycles. The Kier molecular flexibility index (Phi) is 7.21. The van der Waals surface area contributed by atoms with E-state index in [-0.39, 0.29) is 0 Å². The lowest BCUT2D eigenvalue weighted by Crippen LogP contribution is -2.38. The van der Waals surface area contributed by atoms with Crippen LogP contribution in [0.25, 0.3) is 0 Å². The van der Waals surface area contributed by atoms with E-state index in [1.807, 2.05) is 0 Å². The molecule has 118 valence electrons. The molecule has 0 heterocycles. The number of rotatable bonds is 7. The van der Waals surface area contributed by atoms with Crippen LogP contribution in [-0.2, 0) is 0 Å². The molecule has 21 heavy (non-hydrogen) atoms. The van der Waals surface area contributed by atoms with Crippen LogP contribution < -0.4 is 5.32 Å². The highest BCUT2D eigenvalue weighted by Crippen LogP contribution is 2.24. The molecule has 1 atom stereocenters. The highest BCUT2D eigenvalue weighted by atomic mass is 79.9. The topological polar surface area (TPSA) is 15.3 Å². The molecule has 2 rings (SSSR count). The van der Waals surface area contributed by atoms with Gasteiger partial charge in [0.15, 0.2) is 0 Å². The van der Waals surface area contributed by atoms with Crippen molar-refractivity contribution in [3.8, 4) is 0 Å². The van der Waals surface area contributed by atoms with Gasteiger partial charge in [-0.15, -0.1) is 0 Å². The third-order valence-corrected chi connectivity index (χ3v) is 5.35. The second-order valence-corrected chi connectivity index (χ2v) is 7.02. The van der Waals surface area contributed by atoms with E-state index in [9.17, 15) is 0 Å². The van der Waals surface area contributed by atoms with Crippen LogP contribution in [0.1, 0.15) is 57.1 Å². The number of nitrogens with zero attached hydrogens (tertiary/aromatic N) is 1. The molecule has 0 spiro atoms. The Bertz CT molecular complexity index is 398. The molecule has 1 aromatic rings. The van der Waals surface area contributed by atoms with Gasteiger partial charge >= 0.3 is 0 Å². The Morgan fingerprint density at radius 1 is 1.19 bits per heavy atom. The van der Waals surface area contributed by atoms with E-state index < -0.39 is 0 Å². The van der Waals surface area contributed by atoms with Crippen molar-refractivity contribution in [2.24, 2.45) is 0 Å². The second kappa shape index (κ2) is 8.92. The normalized spacial score (nSPS) is 18.1. The summed E-state index contributed by atoms with van der Waals surface area (Å²) in [7, 11) is 2.07. The first-order chi connectivity index (χ1) is 10.2. The molecule has 0 radical (unpaired) electrons. The largest absolute Gasteiger partial charge is 0.313 e. The molecule has 0 amide bonds. The fourth-order valence-electron chi connectivity index (χ4n) is 3.51. The number of nitrogens with one attached hydrogen (secondary N) is 1. The molecule has 1 aliphatic carbocycles. The van der Waals surface area contributed by atoms with E-state index in [0.717, 1.165) is 10.5 Å². The van der Waals surface area contributed by atoms with E-state index in [4.69, 9.17) is 0 Å². The first-order valence-electron chi connectivity index (χ1n) is 8.41. The fourth-order valence-corrected chi connectivity index (χ4v) is 3.78. The standard InChI is InChI=1S/C18H29BrN2/c1-3-21(17-7-5-4-6-8-17)14-13-18(20-2)15-9-11-16(19)12-10-15/h9-12,17-18,20H,3-8,13-14H2,1-2H3. The Hall–Kier alpha value is -0.380. The van der Waals surface area contributed by atoms with Crippen LogP contribution in [0, 0.1) is 0 Å². The Morgan fingerprint density at radius 2 is 1.86 bits per heavy atom. The van der Waals surface area contributed by atoms with Crippen molar-refractivity contribution < 1.29 is 0 Å². The quantitative estimate of drug-likeness (QED) is 0.761. The summed E-state index contributed by atoms with van der Waals surface area (Å²) < 4.78 is 1.15. The van der Waals surface area contributed by atoms with Crippen molar-refractivity contribution in [2.75, 3.05) is 20.1 Å². The SMILES string of the molecule is CCN(CCC(NC)c1ccc(Br)cc1)C1CCCCC1. The summed E-state index contributed by atoms with van der Waals surface area (Å²) in [6, 6.07) is 10.0. The molecule has 3 heteroatoms. The predicted octanol–water partition coefficient (Wildman–Crippen LogP) is 4.75. The van der Waals surface area contributed by atoms with E-state index in [1.54, 1.807) is 0 Å². The van der Waals surface area contributed by atoms with Gasteiger partial charge in [-0.1, -0.05) is 54.2 Å². The van der Waals surface area contributed by atoms with Crippen LogP contribution in [0.2, 0.25) is 0 Å². The maximum absolute atomic E-state index is 3.51. The molecule has 1 N–H and O–H groups in total. The van der Waals surface area contributed by atoms with Crippen molar-refractivity contribution in [3.05, 3.63) is 34.3 Å². The second-order valence-electron chi connectivity index (χ2n) is 6.10. The molecule has 1 aliphatic rings. The van der Waals surface area contributed by atoms with E-state index in [1.165, 1.54) is 57.2 Å². The number of hydrogen-bond donors (Lipinski definition) is 1. The minimum absolute atomic E-state index is 0.454. The van der Waals surface area contributed by atoms with Gasteiger partial charge in [-0.25, -0.2) is 0 Å². The lowest BCUT2D eigenvalue weighted by Gasteiger charge is -2.34. The van der Waals surface area contributed by atoms with Crippen molar-refractivity contribution in [2.45, 2.75) is 57.5 Å². The van der Waals surface area contributed by atoms with Crippen LogP contribution in [-0.4, -0.2) is 31.1 Å². The zero-order valence-corrected chi connectivity index (χ0v) is 15.0. The fraction of sp³-hybridized carbons (Fsp3) is 0.667. The summed E-state index contributed by atoms with van der Waals surface area (Å²) in [5.74, 6) is 0. The maximum atomic E-state index is 3.51. The van der Waals surface area contributed by atoms with Gasteiger partial charge in [0.1, 0.15) is 0 Å². The zero-order valence-electron chi connectivity index (χ0n) is 13.4. The summed E-state index contributed by atoms with van der Waals surface area (Å²) in [4.78, 5) is 2.70. The average Bonchev–Trinajstić information content (AvgIpc) is 2.54. The van der Waals surface area contributed by atoms with Gasteiger partial charge in [0.05, 0.1) is 0 Å². The van der Waals surface area contributed by atoms with Gasteiger partial charge < -0.3 is 10.2 Å². The zero-order chi connectivity index (χ0) is 15.1. The smallest absolute Gasteiger partial charge is 0.0329 e. The Morgan fingerprint density at radius 3 is 2.43 bits per heavy atom. The van der Waals surface area contributed by atoms with E-state index >= 15 is 0 Å². The van der Waals surface area contributed by atoms with Crippen LogP contribution in [0.4, 0.5) is 0 Å². The van der Waals surface area contributed by atoms with Gasteiger partial charge in [0, 0.05) is 23.1 Å². The molecule has 1 saturated carbocycles. The summed E-state index contributed by atoms with van der Waals surface area (Å²) in [6.07, 6.45) is 8.26. The van der Waals surface area contributed by atoms with Crippen LogP contribution in [0.5, 0.6) is 0 Å². The Labute approximate surface area is 138 Å². The summed E-state index contributed by atoms with van der Waals surface area (Å²) in [6.45, 7) is 4.69. The molecule has 2 nitrogen and oxygen atoms in total. The van der Waals surface area contributed by atoms with Gasteiger partial charge in [-0.05, 0) is 50.6 Å². The third kappa shape index (κ3) is 5.08. The van der Waals surface area contributed by atoms with Crippen molar-refractivity contribution >= 4 is 15.9 Å². The highest BCUT2D eigenvalue weighted by Gasteiger charge is 2.20. The Balaban J connectivity index is 1.90. The van der Waals surface area contributed by atoms with Gasteiger partial charge in [0.25, 0.3) is 0 Å². The number of hydrogen-bond acceptors (Lipinski definition) is 2. The lowest BCUT2D eigenvalue weighted by atomic mass is 9.93. The van der Waals surface area contributed by atoms with Crippen LogP contribution in [0.15, 0.2) is 28.7 Å². The monoisotopic (exact) mass is 352 g/mol. The first kappa shape index (κ1) is 17.0. The van der Waals surface area contributed by atoms with Crippen molar-refractivity contribution in [1.82, 2.24) is 10.2 Å². The van der Waals surface area contributed by atoms with E-state index in [0.29, 0.717) is 6.04 Å². The average molecular weight is 353 g/mol. The molecule has 1 unspecified atom stereocenters. The van der Waals surface area contributed by atoms with Crippen LogP contribution >= 0.6 is 15.9 Å². The summed E-state index contributed by atoms with van der Waals surface area (Å²) >= 11 is 3.51. The minimum atomic E-state index is 0.454. The number of halogens is 1. The third-order valence-electron chi connectivity index (χ3n) is 4.82. The highest BCUT2D eigenvalue weighted by molar-refractivity contribution is 9.10. The van der Waals surface area contributed by atoms with E-state index in [2.05, 4.69) is 64.4 Å². The van der Waals surface area contributed by atoms with Crippen molar-refractivity contribution in [3.63, 3.8) is 0 Å². The van der Waals surface area contributed by atoms with Gasteiger partial charge in [-0.3, -0.25) is 0 Å². The molecule has 0 bridgehead atoms.